The zero-order valence-electron chi connectivity index (χ0n) is 13.4. The summed E-state index contributed by atoms with van der Waals surface area (Å²) < 4.78 is 59.1. The van der Waals surface area contributed by atoms with E-state index in [2.05, 4.69) is 0 Å². The van der Waals surface area contributed by atoms with Gasteiger partial charge in [-0.25, -0.2) is 8.42 Å². The van der Waals surface area contributed by atoms with Crippen LogP contribution in [0, 0.1) is 0 Å². The second kappa shape index (κ2) is 7.35. The standard InChI is InChI=1S/C16H19F2NO5S/c17-16(18)25(21,22)12-6-4-11(5-7-12)14(20)19-8-2-1-3-13(19)15-23-9-10-24-15/h4-7,13,15-16H,1-3,8-10H2. The number of likely N-dealkylation sites (tertiary alicyclic amines) is 1. The van der Waals surface area contributed by atoms with Crippen molar-refractivity contribution in [2.45, 2.75) is 42.2 Å². The second-order valence-electron chi connectivity index (χ2n) is 6.00. The lowest BCUT2D eigenvalue weighted by Gasteiger charge is -2.38. The normalized spacial score (nSPS) is 22.5. The van der Waals surface area contributed by atoms with Crippen LogP contribution in [-0.4, -0.2) is 57.1 Å². The SMILES string of the molecule is O=C(c1ccc(S(=O)(=O)C(F)F)cc1)N1CCCCC1C1OCCO1. The van der Waals surface area contributed by atoms with Crippen molar-refractivity contribution >= 4 is 15.7 Å². The summed E-state index contributed by atoms with van der Waals surface area (Å²) in [5.74, 6) is -3.78. The van der Waals surface area contributed by atoms with E-state index in [1.54, 1.807) is 4.90 Å². The summed E-state index contributed by atoms with van der Waals surface area (Å²) in [7, 11) is -4.67. The topological polar surface area (TPSA) is 72.9 Å². The van der Waals surface area contributed by atoms with E-state index in [4.69, 9.17) is 9.47 Å². The van der Waals surface area contributed by atoms with E-state index in [1.165, 1.54) is 12.1 Å². The number of piperidine rings is 1. The summed E-state index contributed by atoms with van der Waals surface area (Å²) in [6.45, 7) is 1.52. The Balaban J connectivity index is 1.79. The molecule has 0 bridgehead atoms. The molecule has 2 aliphatic rings. The molecule has 9 heteroatoms. The maximum Gasteiger partial charge on any atom is 0.341 e. The third kappa shape index (κ3) is 3.68. The predicted octanol–water partition coefficient (Wildman–Crippen LogP) is 2.05. The number of benzene rings is 1. The predicted molar refractivity (Wildman–Crippen MR) is 84.0 cm³/mol. The Bertz CT molecular complexity index is 717. The number of hydrogen-bond donors (Lipinski definition) is 0. The molecule has 0 aliphatic carbocycles. The molecule has 0 spiro atoms. The van der Waals surface area contributed by atoms with Gasteiger partial charge in [-0.05, 0) is 43.5 Å². The summed E-state index contributed by atoms with van der Waals surface area (Å²) in [4.78, 5) is 13.9. The van der Waals surface area contributed by atoms with Crippen molar-refractivity contribution in [1.82, 2.24) is 4.90 Å². The number of carbonyl (C=O) groups excluding carboxylic acids is 1. The minimum Gasteiger partial charge on any atom is -0.348 e. The minimum atomic E-state index is -4.67. The van der Waals surface area contributed by atoms with Crippen LogP contribution in [0.1, 0.15) is 29.6 Å². The molecule has 2 heterocycles. The monoisotopic (exact) mass is 375 g/mol. The van der Waals surface area contributed by atoms with Gasteiger partial charge >= 0.3 is 5.76 Å². The molecule has 2 aliphatic heterocycles. The van der Waals surface area contributed by atoms with E-state index >= 15 is 0 Å². The van der Waals surface area contributed by atoms with Gasteiger partial charge in [-0.3, -0.25) is 4.79 Å². The fraction of sp³-hybridized carbons (Fsp3) is 0.562. The highest BCUT2D eigenvalue weighted by Gasteiger charge is 2.36. The quantitative estimate of drug-likeness (QED) is 0.805. The Labute approximate surface area is 144 Å². The first-order chi connectivity index (χ1) is 11.9. The molecule has 0 saturated carbocycles. The van der Waals surface area contributed by atoms with E-state index in [9.17, 15) is 22.0 Å². The Morgan fingerprint density at radius 1 is 1.12 bits per heavy atom. The summed E-state index contributed by atoms with van der Waals surface area (Å²) in [5, 5.41) is 0. The first-order valence-corrected chi connectivity index (χ1v) is 9.62. The maximum atomic E-state index is 12.8. The molecular formula is C16H19F2NO5S. The first kappa shape index (κ1) is 18.2. The van der Waals surface area contributed by atoms with Gasteiger partial charge < -0.3 is 14.4 Å². The second-order valence-corrected chi connectivity index (χ2v) is 7.92. The van der Waals surface area contributed by atoms with Gasteiger partial charge in [0.2, 0.25) is 9.84 Å². The Hall–Kier alpha value is -1.58. The molecule has 2 saturated heterocycles. The molecule has 6 nitrogen and oxygen atoms in total. The van der Waals surface area contributed by atoms with Gasteiger partial charge in [0, 0.05) is 12.1 Å². The lowest BCUT2D eigenvalue weighted by Crippen LogP contribution is -2.50. The van der Waals surface area contributed by atoms with Crippen molar-refractivity contribution in [3.8, 4) is 0 Å². The zero-order valence-corrected chi connectivity index (χ0v) is 14.3. The molecule has 1 aromatic rings. The van der Waals surface area contributed by atoms with Crippen molar-refractivity contribution in [3.63, 3.8) is 0 Å². The van der Waals surface area contributed by atoms with Crippen LogP contribution < -0.4 is 0 Å². The average Bonchev–Trinajstić information content (AvgIpc) is 3.15. The summed E-state index contributed by atoms with van der Waals surface area (Å²) in [5.41, 5.74) is 0.248. The zero-order chi connectivity index (χ0) is 18.0. The number of alkyl halides is 2. The number of rotatable bonds is 4. The molecule has 3 rings (SSSR count). The fourth-order valence-corrected chi connectivity index (χ4v) is 3.87. The van der Waals surface area contributed by atoms with Crippen LogP contribution in [0.25, 0.3) is 0 Å². The fourth-order valence-electron chi connectivity index (χ4n) is 3.15. The lowest BCUT2D eigenvalue weighted by molar-refractivity contribution is -0.100. The van der Waals surface area contributed by atoms with E-state index in [0.29, 0.717) is 19.8 Å². The summed E-state index contributed by atoms with van der Waals surface area (Å²) in [6, 6.07) is 4.40. The number of amides is 1. The van der Waals surface area contributed by atoms with E-state index in [1.807, 2.05) is 0 Å². The summed E-state index contributed by atoms with van der Waals surface area (Å²) >= 11 is 0. The van der Waals surface area contributed by atoms with Crippen molar-refractivity contribution in [2.24, 2.45) is 0 Å². The van der Waals surface area contributed by atoms with E-state index < -0.39 is 26.8 Å². The van der Waals surface area contributed by atoms with Gasteiger partial charge in [-0.1, -0.05) is 0 Å². The molecule has 1 unspecified atom stereocenters. The lowest BCUT2D eigenvalue weighted by atomic mass is 10.00. The third-order valence-electron chi connectivity index (χ3n) is 4.44. The molecule has 2 fully saturated rings. The van der Waals surface area contributed by atoms with Crippen LogP contribution in [0.4, 0.5) is 8.78 Å². The molecule has 138 valence electrons. The Morgan fingerprint density at radius 3 is 2.36 bits per heavy atom. The highest BCUT2D eigenvalue weighted by atomic mass is 32.2. The highest BCUT2D eigenvalue weighted by Crippen LogP contribution is 2.26. The highest BCUT2D eigenvalue weighted by molar-refractivity contribution is 7.91. The van der Waals surface area contributed by atoms with Crippen LogP contribution in [-0.2, 0) is 19.3 Å². The average molecular weight is 375 g/mol. The van der Waals surface area contributed by atoms with Gasteiger partial charge in [0.1, 0.15) is 0 Å². The van der Waals surface area contributed by atoms with Crippen LogP contribution in [0.5, 0.6) is 0 Å². The van der Waals surface area contributed by atoms with Crippen LogP contribution in [0.2, 0.25) is 0 Å². The number of carbonyl (C=O) groups is 1. The molecule has 0 N–H and O–H groups in total. The van der Waals surface area contributed by atoms with Gasteiger partial charge in [-0.15, -0.1) is 0 Å². The molecule has 25 heavy (non-hydrogen) atoms. The van der Waals surface area contributed by atoms with Crippen LogP contribution in [0.15, 0.2) is 29.2 Å². The van der Waals surface area contributed by atoms with E-state index in [-0.39, 0.29) is 17.5 Å². The third-order valence-corrected chi connectivity index (χ3v) is 5.83. The van der Waals surface area contributed by atoms with Crippen molar-refractivity contribution < 1.29 is 31.5 Å². The van der Waals surface area contributed by atoms with Crippen LogP contribution in [0.3, 0.4) is 0 Å². The Morgan fingerprint density at radius 2 is 1.76 bits per heavy atom. The molecule has 1 aromatic carbocycles. The first-order valence-electron chi connectivity index (χ1n) is 8.07. The number of sulfone groups is 1. The van der Waals surface area contributed by atoms with Crippen molar-refractivity contribution in [3.05, 3.63) is 29.8 Å². The number of ether oxygens (including phenoxy) is 2. The van der Waals surface area contributed by atoms with Crippen molar-refractivity contribution in [2.75, 3.05) is 19.8 Å². The van der Waals surface area contributed by atoms with Gasteiger partial charge in [0.25, 0.3) is 5.91 Å². The van der Waals surface area contributed by atoms with Gasteiger partial charge in [0.05, 0.1) is 24.2 Å². The molecular weight excluding hydrogens is 356 g/mol. The number of hydrogen-bond acceptors (Lipinski definition) is 5. The van der Waals surface area contributed by atoms with Crippen molar-refractivity contribution in [1.29, 1.82) is 0 Å². The van der Waals surface area contributed by atoms with Gasteiger partial charge in [-0.2, -0.15) is 8.78 Å². The molecule has 1 amide bonds. The minimum absolute atomic E-state index is 0.201. The maximum absolute atomic E-state index is 12.8. The number of halogens is 2. The molecule has 1 atom stereocenters. The van der Waals surface area contributed by atoms with Gasteiger partial charge in [0.15, 0.2) is 6.29 Å². The smallest absolute Gasteiger partial charge is 0.341 e. The van der Waals surface area contributed by atoms with Crippen LogP contribution >= 0.6 is 0 Å². The van der Waals surface area contributed by atoms with E-state index in [0.717, 1.165) is 31.4 Å². The molecule has 0 radical (unpaired) electrons. The summed E-state index contributed by atoms with van der Waals surface area (Å²) in [6.07, 6.45) is 2.12. The largest absolute Gasteiger partial charge is 0.348 e. The number of nitrogens with zero attached hydrogens (tertiary/aromatic N) is 1. The molecule has 0 aromatic heterocycles. The Kier molecular flexibility index (Phi) is 5.35.